The minimum atomic E-state index is -0.715. The second-order valence-electron chi connectivity index (χ2n) is 5.07. The van der Waals surface area contributed by atoms with Crippen molar-refractivity contribution >= 4 is 18.0 Å². The van der Waals surface area contributed by atoms with E-state index in [4.69, 9.17) is 4.74 Å². The van der Waals surface area contributed by atoms with Crippen molar-refractivity contribution in [2.75, 3.05) is 20.8 Å². The van der Waals surface area contributed by atoms with E-state index in [0.29, 0.717) is 13.0 Å². The molecule has 1 fully saturated rings. The molecule has 0 unspecified atom stereocenters. The zero-order chi connectivity index (χ0) is 15.3. The van der Waals surface area contributed by atoms with Crippen LogP contribution in [0.5, 0.6) is 0 Å². The third-order valence-electron chi connectivity index (χ3n) is 3.40. The van der Waals surface area contributed by atoms with Crippen molar-refractivity contribution < 1.29 is 23.9 Å². The number of amides is 2. The zero-order valence-corrected chi connectivity index (χ0v) is 12.3. The summed E-state index contributed by atoms with van der Waals surface area (Å²) in [6, 6.07) is -1.28. The van der Waals surface area contributed by atoms with Gasteiger partial charge in [-0.1, -0.05) is 13.8 Å². The van der Waals surface area contributed by atoms with Gasteiger partial charge in [0.1, 0.15) is 12.1 Å². The third-order valence-corrected chi connectivity index (χ3v) is 3.40. The van der Waals surface area contributed by atoms with Crippen LogP contribution in [0.3, 0.4) is 0 Å². The van der Waals surface area contributed by atoms with E-state index >= 15 is 0 Å². The van der Waals surface area contributed by atoms with Gasteiger partial charge in [0.25, 0.3) is 0 Å². The molecule has 2 atom stereocenters. The van der Waals surface area contributed by atoms with Crippen molar-refractivity contribution in [2.24, 2.45) is 5.92 Å². The van der Waals surface area contributed by atoms with Gasteiger partial charge in [0.05, 0.1) is 14.2 Å². The SMILES string of the molecule is COC(=O)N[C@H](C(=O)N1CCC[C@H]1C(=O)OC)C(C)C. The van der Waals surface area contributed by atoms with Gasteiger partial charge < -0.3 is 19.7 Å². The number of nitrogens with zero attached hydrogens (tertiary/aromatic N) is 1. The van der Waals surface area contributed by atoms with Crippen LogP contribution in [-0.2, 0) is 19.1 Å². The molecule has 1 aliphatic heterocycles. The summed E-state index contributed by atoms with van der Waals surface area (Å²) in [6.07, 6.45) is 0.668. The van der Waals surface area contributed by atoms with Crippen LogP contribution in [0.25, 0.3) is 0 Å². The number of ether oxygens (including phenoxy) is 2. The molecule has 2 amide bonds. The van der Waals surface area contributed by atoms with Gasteiger partial charge in [-0.2, -0.15) is 0 Å². The summed E-state index contributed by atoms with van der Waals surface area (Å²) < 4.78 is 9.24. The first-order chi connectivity index (χ1) is 9.42. The van der Waals surface area contributed by atoms with Gasteiger partial charge in [0, 0.05) is 6.54 Å². The molecule has 1 aliphatic rings. The summed E-state index contributed by atoms with van der Waals surface area (Å²) >= 11 is 0. The van der Waals surface area contributed by atoms with Crippen molar-refractivity contribution in [2.45, 2.75) is 38.8 Å². The monoisotopic (exact) mass is 286 g/mol. The van der Waals surface area contributed by atoms with Crippen molar-refractivity contribution in [1.82, 2.24) is 10.2 Å². The van der Waals surface area contributed by atoms with Crippen LogP contribution < -0.4 is 5.32 Å². The van der Waals surface area contributed by atoms with E-state index in [1.807, 2.05) is 13.8 Å². The fourth-order valence-electron chi connectivity index (χ4n) is 2.29. The summed E-state index contributed by atoms with van der Waals surface area (Å²) in [5, 5.41) is 2.52. The van der Waals surface area contributed by atoms with Gasteiger partial charge in [-0.15, -0.1) is 0 Å². The van der Waals surface area contributed by atoms with Gasteiger partial charge in [-0.05, 0) is 18.8 Å². The first-order valence-electron chi connectivity index (χ1n) is 6.65. The Bertz CT molecular complexity index is 379. The Kier molecular flexibility index (Phi) is 5.79. The van der Waals surface area contributed by atoms with Gasteiger partial charge in [0.2, 0.25) is 5.91 Å². The number of likely N-dealkylation sites (tertiary alicyclic amines) is 1. The maximum atomic E-state index is 12.5. The van der Waals surface area contributed by atoms with Crippen LogP contribution in [0.1, 0.15) is 26.7 Å². The van der Waals surface area contributed by atoms with Crippen LogP contribution in [0.15, 0.2) is 0 Å². The zero-order valence-electron chi connectivity index (χ0n) is 12.3. The van der Waals surface area contributed by atoms with Crippen molar-refractivity contribution in [1.29, 1.82) is 0 Å². The Balaban J connectivity index is 2.83. The predicted molar refractivity (Wildman–Crippen MR) is 70.9 cm³/mol. The second-order valence-corrected chi connectivity index (χ2v) is 5.07. The molecule has 0 aromatic carbocycles. The van der Waals surface area contributed by atoms with Gasteiger partial charge in [-0.3, -0.25) is 4.79 Å². The summed E-state index contributed by atoms with van der Waals surface area (Å²) in [5.41, 5.74) is 0. The Labute approximate surface area is 118 Å². The van der Waals surface area contributed by atoms with E-state index in [1.165, 1.54) is 19.1 Å². The number of esters is 1. The molecule has 0 aromatic rings. The van der Waals surface area contributed by atoms with Crippen LogP contribution in [0.2, 0.25) is 0 Å². The summed E-state index contributed by atoms with van der Waals surface area (Å²) in [7, 11) is 2.54. The van der Waals surface area contributed by atoms with Crippen molar-refractivity contribution in [3.05, 3.63) is 0 Å². The molecular weight excluding hydrogens is 264 g/mol. The van der Waals surface area contributed by atoms with Crippen molar-refractivity contribution in [3.8, 4) is 0 Å². The highest BCUT2D eigenvalue weighted by Gasteiger charge is 2.39. The maximum absolute atomic E-state index is 12.5. The van der Waals surface area contributed by atoms with Crippen LogP contribution in [0.4, 0.5) is 4.79 Å². The topological polar surface area (TPSA) is 84.9 Å². The number of carbonyl (C=O) groups excluding carboxylic acids is 3. The molecule has 0 bridgehead atoms. The number of nitrogens with one attached hydrogen (secondary N) is 1. The molecule has 7 nitrogen and oxygen atoms in total. The summed E-state index contributed by atoms with van der Waals surface area (Å²) in [5.74, 6) is -0.810. The lowest BCUT2D eigenvalue weighted by Crippen LogP contribution is -2.53. The summed E-state index contributed by atoms with van der Waals surface area (Å²) in [4.78, 5) is 37.0. The quantitative estimate of drug-likeness (QED) is 0.762. The molecule has 0 aromatic heterocycles. The fourth-order valence-corrected chi connectivity index (χ4v) is 2.29. The Hall–Kier alpha value is -1.79. The lowest BCUT2D eigenvalue weighted by atomic mass is 10.0. The number of carbonyl (C=O) groups is 3. The molecule has 1 rings (SSSR count). The van der Waals surface area contributed by atoms with E-state index in [1.54, 1.807) is 0 Å². The predicted octanol–water partition coefficient (Wildman–Crippen LogP) is 0.531. The minimum Gasteiger partial charge on any atom is -0.467 e. The number of rotatable bonds is 4. The minimum absolute atomic E-state index is 0.111. The lowest BCUT2D eigenvalue weighted by Gasteiger charge is -2.29. The molecule has 1 heterocycles. The number of hydrogen-bond donors (Lipinski definition) is 1. The average Bonchev–Trinajstić information content (AvgIpc) is 2.91. The van der Waals surface area contributed by atoms with Gasteiger partial charge in [-0.25, -0.2) is 9.59 Å². The number of alkyl carbamates (subject to hydrolysis) is 1. The van der Waals surface area contributed by atoms with E-state index in [-0.39, 0.29) is 11.8 Å². The molecule has 7 heteroatoms. The molecule has 0 saturated carbocycles. The maximum Gasteiger partial charge on any atom is 0.407 e. The fraction of sp³-hybridized carbons (Fsp3) is 0.769. The van der Waals surface area contributed by atoms with Gasteiger partial charge >= 0.3 is 12.1 Å². The molecule has 114 valence electrons. The highest BCUT2D eigenvalue weighted by Crippen LogP contribution is 2.21. The largest absolute Gasteiger partial charge is 0.467 e. The van der Waals surface area contributed by atoms with Crippen LogP contribution in [0, 0.1) is 5.92 Å². The van der Waals surface area contributed by atoms with E-state index < -0.39 is 24.1 Å². The van der Waals surface area contributed by atoms with E-state index in [2.05, 4.69) is 10.1 Å². The lowest BCUT2D eigenvalue weighted by molar-refractivity contribution is -0.151. The molecule has 20 heavy (non-hydrogen) atoms. The molecule has 1 saturated heterocycles. The Morgan fingerprint density at radius 2 is 1.85 bits per heavy atom. The van der Waals surface area contributed by atoms with Crippen LogP contribution >= 0.6 is 0 Å². The molecule has 0 aliphatic carbocycles. The van der Waals surface area contributed by atoms with E-state index in [0.717, 1.165) is 6.42 Å². The second kappa shape index (κ2) is 7.12. The average molecular weight is 286 g/mol. The molecule has 0 spiro atoms. The Morgan fingerprint density at radius 3 is 2.35 bits per heavy atom. The number of methoxy groups -OCH3 is 2. The molecule has 0 radical (unpaired) electrons. The number of hydrogen-bond acceptors (Lipinski definition) is 5. The molecular formula is C13H22N2O5. The summed E-state index contributed by atoms with van der Waals surface area (Å²) in [6.45, 7) is 4.13. The van der Waals surface area contributed by atoms with Gasteiger partial charge in [0.15, 0.2) is 0 Å². The van der Waals surface area contributed by atoms with Crippen LogP contribution in [-0.4, -0.2) is 55.7 Å². The Morgan fingerprint density at radius 1 is 1.20 bits per heavy atom. The van der Waals surface area contributed by atoms with Crippen molar-refractivity contribution in [3.63, 3.8) is 0 Å². The highest BCUT2D eigenvalue weighted by atomic mass is 16.5. The normalized spacial score (nSPS) is 19.6. The first-order valence-corrected chi connectivity index (χ1v) is 6.65. The smallest absolute Gasteiger partial charge is 0.407 e. The molecule has 1 N–H and O–H groups in total. The highest BCUT2D eigenvalue weighted by molar-refractivity contribution is 5.90. The van der Waals surface area contributed by atoms with E-state index in [9.17, 15) is 14.4 Å². The standard InChI is InChI=1S/C13H22N2O5/c1-8(2)10(14-13(18)20-4)11(16)15-7-5-6-9(15)12(17)19-3/h8-10H,5-7H2,1-4H3,(H,14,18)/t9-,10-/m0/s1. The first kappa shape index (κ1) is 16.3. The third kappa shape index (κ3) is 3.61.